The largest absolute Gasteiger partial charge is 0.492 e. The van der Waals surface area contributed by atoms with E-state index in [1.807, 2.05) is 50.2 Å². The monoisotopic (exact) mass is 427 g/mol. The molecule has 5 nitrogen and oxygen atoms in total. The van der Waals surface area contributed by atoms with Crippen molar-refractivity contribution in [3.8, 4) is 5.75 Å². The Morgan fingerprint density at radius 2 is 1.87 bits per heavy atom. The molecule has 0 spiro atoms. The van der Waals surface area contributed by atoms with Gasteiger partial charge in [-0.25, -0.2) is 4.98 Å². The summed E-state index contributed by atoms with van der Waals surface area (Å²) in [5.74, 6) is 1.92. The average Bonchev–Trinajstić information content (AvgIpc) is 3.09. The molecule has 3 rings (SSSR count). The summed E-state index contributed by atoms with van der Waals surface area (Å²) in [5, 5.41) is 3.63. The fourth-order valence-corrected chi connectivity index (χ4v) is 3.53. The molecule has 6 heteroatoms. The third-order valence-corrected chi connectivity index (χ3v) is 5.32. The highest BCUT2D eigenvalue weighted by molar-refractivity contribution is 6.32. The number of fused-ring (bicyclic) bond motifs is 1. The highest BCUT2D eigenvalue weighted by atomic mass is 35.5. The summed E-state index contributed by atoms with van der Waals surface area (Å²) in [6.07, 6.45) is 3.63. The van der Waals surface area contributed by atoms with Crippen molar-refractivity contribution in [1.82, 2.24) is 14.9 Å². The van der Waals surface area contributed by atoms with Gasteiger partial charge in [-0.3, -0.25) is 4.79 Å². The lowest BCUT2D eigenvalue weighted by molar-refractivity contribution is -0.123. The number of rotatable bonds is 11. The van der Waals surface area contributed by atoms with Gasteiger partial charge >= 0.3 is 0 Å². The molecule has 0 saturated heterocycles. The third-order valence-electron chi connectivity index (χ3n) is 5.00. The highest BCUT2D eigenvalue weighted by Crippen LogP contribution is 2.23. The van der Waals surface area contributed by atoms with Crippen LogP contribution in [0.15, 0.2) is 48.5 Å². The van der Waals surface area contributed by atoms with Gasteiger partial charge in [0.1, 0.15) is 11.6 Å². The molecule has 160 valence electrons. The first kappa shape index (κ1) is 22.2. The number of carbonyl (C=O) groups is 1. The van der Waals surface area contributed by atoms with Gasteiger partial charge < -0.3 is 14.6 Å². The van der Waals surface area contributed by atoms with Crippen molar-refractivity contribution >= 4 is 28.5 Å². The molecule has 0 bridgehead atoms. The number of nitrogens with one attached hydrogen (secondary N) is 1. The van der Waals surface area contributed by atoms with Crippen molar-refractivity contribution in [3.05, 3.63) is 59.4 Å². The Labute approximate surface area is 183 Å². The van der Waals surface area contributed by atoms with Crippen LogP contribution in [0.3, 0.4) is 0 Å². The van der Waals surface area contributed by atoms with Gasteiger partial charge in [-0.15, -0.1) is 0 Å². The van der Waals surface area contributed by atoms with Gasteiger partial charge in [-0.1, -0.05) is 49.7 Å². The molecule has 0 aliphatic rings. The summed E-state index contributed by atoms with van der Waals surface area (Å²) in [6, 6.07) is 15.8. The van der Waals surface area contributed by atoms with Crippen molar-refractivity contribution < 1.29 is 9.53 Å². The summed E-state index contributed by atoms with van der Waals surface area (Å²) in [5.41, 5.74) is 2.18. The number of amides is 1. The fourth-order valence-electron chi connectivity index (χ4n) is 3.34. The van der Waals surface area contributed by atoms with Crippen molar-refractivity contribution in [2.75, 3.05) is 13.2 Å². The van der Waals surface area contributed by atoms with Gasteiger partial charge in [0.2, 0.25) is 5.91 Å². The minimum Gasteiger partial charge on any atom is -0.492 e. The van der Waals surface area contributed by atoms with Crippen LogP contribution in [0.5, 0.6) is 5.75 Å². The Hall–Kier alpha value is -2.53. The molecule has 0 aliphatic carbocycles. The summed E-state index contributed by atoms with van der Waals surface area (Å²) < 4.78 is 8.10. The van der Waals surface area contributed by atoms with E-state index in [9.17, 15) is 4.79 Å². The molecule has 0 saturated carbocycles. The van der Waals surface area contributed by atoms with Crippen LogP contribution in [0.1, 0.15) is 38.9 Å². The van der Waals surface area contributed by atoms with E-state index in [0.29, 0.717) is 18.2 Å². The van der Waals surface area contributed by atoms with Gasteiger partial charge in [-0.2, -0.15) is 0 Å². The molecule has 0 atom stereocenters. The van der Waals surface area contributed by atoms with Gasteiger partial charge in [0.25, 0.3) is 0 Å². The van der Waals surface area contributed by atoms with E-state index in [1.165, 1.54) is 0 Å². The molecule has 0 aliphatic heterocycles. The van der Waals surface area contributed by atoms with Crippen LogP contribution < -0.4 is 10.1 Å². The number of aryl methyl sites for hydroxylation is 2. The van der Waals surface area contributed by atoms with Crippen LogP contribution in [0, 0.1) is 5.92 Å². The lowest BCUT2D eigenvalue weighted by Crippen LogP contribution is -2.28. The number of halogens is 1. The maximum atomic E-state index is 11.7. The summed E-state index contributed by atoms with van der Waals surface area (Å²) in [7, 11) is 0. The van der Waals surface area contributed by atoms with Crippen molar-refractivity contribution in [1.29, 1.82) is 0 Å². The van der Waals surface area contributed by atoms with E-state index in [-0.39, 0.29) is 11.8 Å². The van der Waals surface area contributed by atoms with Gasteiger partial charge in [-0.05, 0) is 43.5 Å². The maximum Gasteiger partial charge on any atom is 0.222 e. The number of aromatic nitrogens is 2. The first-order chi connectivity index (χ1) is 14.6. The molecule has 2 aromatic carbocycles. The Bertz CT molecular complexity index is 968. The Kier molecular flexibility index (Phi) is 8.14. The predicted molar refractivity (Wildman–Crippen MR) is 122 cm³/mol. The molecule has 30 heavy (non-hydrogen) atoms. The first-order valence-corrected chi connectivity index (χ1v) is 11.0. The topological polar surface area (TPSA) is 56.2 Å². The van der Waals surface area contributed by atoms with E-state index in [0.717, 1.165) is 54.8 Å². The normalized spacial score (nSPS) is 11.2. The molecular formula is C24H30ClN3O2. The van der Waals surface area contributed by atoms with Crippen LogP contribution in [0.2, 0.25) is 5.02 Å². The van der Waals surface area contributed by atoms with Gasteiger partial charge in [0.05, 0.1) is 22.7 Å². The van der Waals surface area contributed by atoms with E-state index < -0.39 is 0 Å². The molecule has 3 aromatic rings. The smallest absolute Gasteiger partial charge is 0.222 e. The third kappa shape index (κ3) is 5.99. The molecule has 1 N–H and O–H groups in total. The lowest BCUT2D eigenvalue weighted by atomic mass is 10.2. The number of benzene rings is 2. The molecule has 0 fully saturated rings. The second-order valence-electron chi connectivity index (χ2n) is 7.70. The zero-order chi connectivity index (χ0) is 21.3. The number of nitrogens with zero attached hydrogens (tertiary/aromatic N) is 2. The number of carbonyl (C=O) groups excluding carboxylic acids is 1. The second kappa shape index (κ2) is 11.0. The first-order valence-electron chi connectivity index (χ1n) is 10.7. The Balaban J connectivity index is 1.54. The van der Waals surface area contributed by atoms with E-state index in [1.54, 1.807) is 0 Å². The summed E-state index contributed by atoms with van der Waals surface area (Å²) in [4.78, 5) is 16.6. The number of ether oxygens (including phenoxy) is 1. The van der Waals surface area contributed by atoms with Crippen molar-refractivity contribution in [2.24, 2.45) is 5.92 Å². The molecule has 1 aromatic heterocycles. The molecule has 1 heterocycles. The van der Waals surface area contributed by atoms with Gasteiger partial charge in [0.15, 0.2) is 0 Å². The van der Waals surface area contributed by atoms with Gasteiger partial charge in [0, 0.05) is 25.4 Å². The number of unbranched alkanes of at least 4 members (excludes halogenated alkanes) is 1. The zero-order valence-electron chi connectivity index (χ0n) is 17.7. The molecule has 0 unspecified atom stereocenters. The number of para-hydroxylation sites is 3. The average molecular weight is 428 g/mol. The van der Waals surface area contributed by atoms with E-state index >= 15 is 0 Å². The highest BCUT2D eigenvalue weighted by Gasteiger charge is 2.11. The minimum absolute atomic E-state index is 0.0163. The van der Waals surface area contributed by atoms with E-state index in [2.05, 4.69) is 22.0 Å². The molecule has 1 amide bonds. The van der Waals surface area contributed by atoms with Crippen LogP contribution in [-0.4, -0.2) is 28.6 Å². The second-order valence-corrected chi connectivity index (χ2v) is 8.11. The fraction of sp³-hybridized carbons (Fsp3) is 0.417. The molecule has 0 radical (unpaired) electrons. The zero-order valence-corrected chi connectivity index (χ0v) is 18.5. The van der Waals surface area contributed by atoms with Crippen LogP contribution >= 0.6 is 11.6 Å². The van der Waals surface area contributed by atoms with Crippen molar-refractivity contribution in [3.63, 3.8) is 0 Å². The van der Waals surface area contributed by atoms with Crippen molar-refractivity contribution in [2.45, 2.75) is 46.1 Å². The summed E-state index contributed by atoms with van der Waals surface area (Å²) in [6.45, 7) is 6.01. The quantitative estimate of drug-likeness (QED) is 0.425. The van der Waals surface area contributed by atoms with Crippen LogP contribution in [0.4, 0.5) is 0 Å². The Morgan fingerprint density at radius 1 is 1.10 bits per heavy atom. The standard InChI is InChI=1S/C24H30ClN3O2/c1-18(2)24(29)26-15-9-14-23-27-20-11-4-5-12-21(20)28(23)16-7-8-17-30-22-13-6-3-10-19(22)25/h3-6,10-13,18H,7-9,14-17H2,1-2H3,(H,26,29). The number of hydrogen-bond acceptors (Lipinski definition) is 3. The number of imidazole rings is 1. The van der Waals surface area contributed by atoms with E-state index in [4.69, 9.17) is 21.3 Å². The lowest BCUT2D eigenvalue weighted by Gasteiger charge is -2.11. The van der Waals surface area contributed by atoms with Crippen LogP contribution in [-0.2, 0) is 17.8 Å². The summed E-state index contributed by atoms with van der Waals surface area (Å²) >= 11 is 6.14. The number of hydrogen-bond donors (Lipinski definition) is 1. The SMILES string of the molecule is CC(C)C(=O)NCCCc1nc2ccccc2n1CCCCOc1ccccc1Cl. The predicted octanol–water partition coefficient (Wildman–Crippen LogP) is 5.25. The minimum atomic E-state index is 0.0163. The van der Waals surface area contributed by atoms with Crippen LogP contribution in [0.25, 0.3) is 11.0 Å². The molecular weight excluding hydrogens is 398 g/mol. The Morgan fingerprint density at radius 3 is 2.67 bits per heavy atom. The maximum absolute atomic E-state index is 11.7.